The maximum absolute atomic E-state index is 12.1. The van der Waals surface area contributed by atoms with E-state index in [0.717, 1.165) is 11.3 Å². The molecule has 6 heteroatoms. The van der Waals surface area contributed by atoms with Crippen LogP contribution in [0, 0.1) is 0 Å². The Labute approximate surface area is 146 Å². The molecule has 128 valence electrons. The summed E-state index contributed by atoms with van der Waals surface area (Å²) >= 11 is 1.47. The molecule has 0 saturated carbocycles. The largest absolute Gasteiger partial charge is 0.465 e. The third-order valence-corrected chi connectivity index (χ3v) is 4.68. The van der Waals surface area contributed by atoms with Crippen LogP contribution >= 0.6 is 11.8 Å². The van der Waals surface area contributed by atoms with Gasteiger partial charge in [-0.15, -0.1) is 0 Å². The SMILES string of the molecule is COC(=O)c1cccc(CSc2nc(C(C)(C)C)cc(=O)n2C)c1. The molecule has 5 nitrogen and oxygen atoms in total. The van der Waals surface area contributed by atoms with Gasteiger partial charge in [-0.2, -0.15) is 0 Å². The molecule has 0 N–H and O–H groups in total. The Balaban J connectivity index is 2.25. The minimum atomic E-state index is -0.359. The fourth-order valence-corrected chi connectivity index (χ4v) is 3.01. The number of carbonyl (C=O) groups excluding carboxylic acids is 1. The van der Waals surface area contributed by atoms with Crippen molar-refractivity contribution in [2.24, 2.45) is 7.05 Å². The van der Waals surface area contributed by atoms with E-state index in [1.807, 2.05) is 32.9 Å². The van der Waals surface area contributed by atoms with Crippen LogP contribution in [0.15, 0.2) is 40.3 Å². The average Bonchev–Trinajstić information content (AvgIpc) is 2.54. The Morgan fingerprint density at radius 1 is 1.29 bits per heavy atom. The minimum absolute atomic E-state index is 0.0688. The Hall–Kier alpha value is -2.08. The van der Waals surface area contributed by atoms with Crippen LogP contribution in [0.2, 0.25) is 0 Å². The molecule has 0 amide bonds. The molecule has 2 aromatic rings. The predicted octanol–water partition coefficient (Wildman–Crippen LogP) is 3.16. The first kappa shape index (κ1) is 18.3. The second-order valence-electron chi connectivity index (χ2n) is 6.55. The second-order valence-corrected chi connectivity index (χ2v) is 7.49. The number of aromatic nitrogens is 2. The number of esters is 1. The van der Waals surface area contributed by atoms with Gasteiger partial charge in [-0.25, -0.2) is 9.78 Å². The molecule has 2 rings (SSSR count). The summed E-state index contributed by atoms with van der Waals surface area (Å²) in [5, 5.41) is 0.663. The van der Waals surface area contributed by atoms with Crippen LogP contribution in [0.4, 0.5) is 0 Å². The van der Waals surface area contributed by atoms with Crippen molar-refractivity contribution < 1.29 is 9.53 Å². The molecule has 24 heavy (non-hydrogen) atoms. The van der Waals surface area contributed by atoms with Crippen LogP contribution in [0.3, 0.4) is 0 Å². The Bertz CT molecular complexity index is 807. The zero-order valence-electron chi connectivity index (χ0n) is 14.6. The van der Waals surface area contributed by atoms with Crippen molar-refractivity contribution in [3.05, 3.63) is 57.5 Å². The van der Waals surface area contributed by atoms with Crippen LogP contribution in [0.5, 0.6) is 0 Å². The van der Waals surface area contributed by atoms with Gasteiger partial charge < -0.3 is 4.74 Å². The Morgan fingerprint density at radius 3 is 2.62 bits per heavy atom. The molecule has 1 aromatic carbocycles. The number of hydrogen-bond donors (Lipinski definition) is 0. The zero-order valence-corrected chi connectivity index (χ0v) is 15.4. The molecule has 0 atom stereocenters. The summed E-state index contributed by atoms with van der Waals surface area (Å²) in [6.45, 7) is 6.09. The van der Waals surface area contributed by atoms with E-state index in [4.69, 9.17) is 4.74 Å². The topological polar surface area (TPSA) is 61.2 Å². The van der Waals surface area contributed by atoms with E-state index in [9.17, 15) is 9.59 Å². The molecule has 0 aliphatic heterocycles. The Kier molecular flexibility index (Phi) is 5.49. The number of thioether (sulfide) groups is 1. The predicted molar refractivity (Wildman–Crippen MR) is 95.5 cm³/mol. The zero-order chi connectivity index (χ0) is 17.9. The third-order valence-electron chi connectivity index (χ3n) is 3.58. The summed E-state index contributed by atoms with van der Waals surface area (Å²) in [6, 6.07) is 8.85. The smallest absolute Gasteiger partial charge is 0.337 e. The normalized spacial score (nSPS) is 11.4. The molecule has 0 bridgehead atoms. The van der Waals surface area contributed by atoms with Gasteiger partial charge in [-0.3, -0.25) is 9.36 Å². The number of hydrogen-bond acceptors (Lipinski definition) is 5. The van der Waals surface area contributed by atoms with Gasteiger partial charge in [-0.1, -0.05) is 44.7 Å². The molecule has 0 radical (unpaired) electrons. The first-order chi connectivity index (χ1) is 11.2. The van der Waals surface area contributed by atoms with E-state index in [1.54, 1.807) is 29.8 Å². The Morgan fingerprint density at radius 2 is 2.00 bits per heavy atom. The lowest BCUT2D eigenvalue weighted by atomic mass is 9.92. The summed E-state index contributed by atoms with van der Waals surface area (Å²) < 4.78 is 6.28. The van der Waals surface area contributed by atoms with Crippen LogP contribution < -0.4 is 5.56 Å². The lowest BCUT2D eigenvalue weighted by Gasteiger charge is -2.19. The number of carbonyl (C=O) groups is 1. The van der Waals surface area contributed by atoms with Crippen LogP contribution in [0.1, 0.15) is 42.4 Å². The third kappa shape index (κ3) is 4.26. The van der Waals surface area contributed by atoms with Crippen molar-refractivity contribution in [3.8, 4) is 0 Å². The molecule has 1 heterocycles. The number of benzene rings is 1. The lowest BCUT2D eigenvalue weighted by molar-refractivity contribution is 0.0600. The van der Waals surface area contributed by atoms with Gasteiger partial charge in [0.25, 0.3) is 5.56 Å². The van der Waals surface area contributed by atoms with Gasteiger partial charge in [0.05, 0.1) is 18.4 Å². The van der Waals surface area contributed by atoms with Gasteiger partial charge in [0.15, 0.2) is 5.16 Å². The van der Waals surface area contributed by atoms with Crippen molar-refractivity contribution in [2.45, 2.75) is 37.1 Å². The summed E-state index contributed by atoms with van der Waals surface area (Å²) in [6.07, 6.45) is 0. The fourth-order valence-electron chi connectivity index (χ4n) is 2.09. The van der Waals surface area contributed by atoms with Crippen molar-refractivity contribution >= 4 is 17.7 Å². The maximum Gasteiger partial charge on any atom is 0.337 e. The van der Waals surface area contributed by atoms with E-state index < -0.39 is 0 Å². The van der Waals surface area contributed by atoms with Gasteiger partial charge >= 0.3 is 5.97 Å². The number of nitrogens with zero attached hydrogens (tertiary/aromatic N) is 2. The average molecular weight is 346 g/mol. The summed E-state index contributed by atoms with van der Waals surface area (Å²) in [5.74, 6) is 0.251. The van der Waals surface area contributed by atoms with E-state index in [0.29, 0.717) is 16.5 Å². The molecular formula is C18H22N2O3S. The van der Waals surface area contributed by atoms with Crippen LogP contribution in [-0.4, -0.2) is 22.6 Å². The van der Waals surface area contributed by atoms with Crippen molar-refractivity contribution in [1.29, 1.82) is 0 Å². The molecule has 0 fully saturated rings. The van der Waals surface area contributed by atoms with Crippen molar-refractivity contribution in [3.63, 3.8) is 0 Å². The highest BCUT2D eigenvalue weighted by molar-refractivity contribution is 7.98. The maximum atomic E-state index is 12.1. The molecule has 0 saturated heterocycles. The quantitative estimate of drug-likeness (QED) is 0.483. The molecule has 0 aliphatic rings. The first-order valence-corrected chi connectivity index (χ1v) is 8.59. The highest BCUT2D eigenvalue weighted by Crippen LogP contribution is 2.24. The summed E-state index contributed by atoms with van der Waals surface area (Å²) in [5.41, 5.74) is 2.00. The molecule has 0 aliphatic carbocycles. The highest BCUT2D eigenvalue weighted by atomic mass is 32.2. The molecular weight excluding hydrogens is 324 g/mol. The van der Waals surface area contributed by atoms with Crippen molar-refractivity contribution in [2.75, 3.05) is 7.11 Å². The van der Waals surface area contributed by atoms with Crippen LogP contribution in [0.25, 0.3) is 0 Å². The molecule has 0 spiro atoms. The minimum Gasteiger partial charge on any atom is -0.465 e. The highest BCUT2D eigenvalue weighted by Gasteiger charge is 2.18. The van der Waals surface area contributed by atoms with E-state index in [1.165, 1.54) is 18.9 Å². The molecule has 1 aromatic heterocycles. The van der Waals surface area contributed by atoms with Gasteiger partial charge in [0.2, 0.25) is 0 Å². The van der Waals surface area contributed by atoms with Crippen molar-refractivity contribution in [1.82, 2.24) is 9.55 Å². The van der Waals surface area contributed by atoms with E-state index in [2.05, 4.69) is 4.98 Å². The number of methoxy groups -OCH3 is 1. The first-order valence-electron chi connectivity index (χ1n) is 7.61. The van der Waals surface area contributed by atoms with Gasteiger partial charge in [0.1, 0.15) is 0 Å². The van der Waals surface area contributed by atoms with Gasteiger partial charge in [0, 0.05) is 24.3 Å². The molecule has 0 unspecified atom stereocenters. The van der Waals surface area contributed by atoms with E-state index >= 15 is 0 Å². The summed E-state index contributed by atoms with van der Waals surface area (Å²) in [4.78, 5) is 28.4. The van der Waals surface area contributed by atoms with Gasteiger partial charge in [-0.05, 0) is 17.7 Å². The van der Waals surface area contributed by atoms with E-state index in [-0.39, 0.29) is 16.9 Å². The van der Waals surface area contributed by atoms with Crippen LogP contribution in [-0.2, 0) is 23.0 Å². The fraction of sp³-hybridized carbons (Fsp3) is 0.389. The lowest BCUT2D eigenvalue weighted by Crippen LogP contribution is -2.25. The second kappa shape index (κ2) is 7.21. The number of ether oxygens (including phenoxy) is 1. The summed E-state index contributed by atoms with van der Waals surface area (Å²) in [7, 11) is 3.08. The number of rotatable bonds is 4. The monoisotopic (exact) mass is 346 g/mol. The standard InChI is InChI=1S/C18H22N2O3S/c1-18(2,3)14-10-15(21)20(4)17(19-14)24-11-12-7-6-8-13(9-12)16(22)23-5/h6-10H,11H2,1-5H3.